The van der Waals surface area contributed by atoms with Crippen molar-refractivity contribution in [1.82, 2.24) is 4.98 Å². The standard InChI is InChI=1S/C26H27F2N3O3/c1-16(2)33-24-14-22(17(3)12-23(24)32-5)25(30-18(4)19-8-7-11-29-15-19)31-20-9-6-10-21(13-20)34-26(27)28/h6-16,26H,4H2,1-3,5H3,(H,30,31). The Morgan fingerprint density at radius 1 is 1.06 bits per heavy atom. The lowest BCUT2D eigenvalue weighted by Gasteiger charge is -2.19. The molecular formula is C26H27F2N3O3. The highest BCUT2D eigenvalue weighted by Gasteiger charge is 2.16. The third kappa shape index (κ3) is 6.54. The van der Waals surface area contributed by atoms with E-state index in [1.165, 1.54) is 12.1 Å². The molecule has 0 radical (unpaired) electrons. The van der Waals surface area contributed by atoms with E-state index in [-0.39, 0.29) is 11.9 Å². The molecule has 0 aliphatic carbocycles. The summed E-state index contributed by atoms with van der Waals surface area (Å²) in [5, 5.41) is 3.22. The van der Waals surface area contributed by atoms with Gasteiger partial charge in [-0.3, -0.25) is 4.98 Å². The van der Waals surface area contributed by atoms with Gasteiger partial charge in [-0.1, -0.05) is 12.6 Å². The Hall–Kier alpha value is -3.94. The van der Waals surface area contributed by atoms with Crippen molar-refractivity contribution in [2.24, 2.45) is 4.99 Å². The minimum Gasteiger partial charge on any atom is -0.493 e. The molecule has 0 saturated heterocycles. The largest absolute Gasteiger partial charge is 0.493 e. The summed E-state index contributed by atoms with van der Waals surface area (Å²) < 4.78 is 41.4. The van der Waals surface area contributed by atoms with E-state index in [2.05, 4.69) is 21.6 Å². The molecule has 3 aromatic rings. The van der Waals surface area contributed by atoms with E-state index in [1.807, 2.05) is 39.0 Å². The first-order valence-corrected chi connectivity index (χ1v) is 10.6. The monoisotopic (exact) mass is 467 g/mol. The number of ether oxygens (including phenoxy) is 3. The highest BCUT2D eigenvalue weighted by molar-refractivity contribution is 6.11. The fourth-order valence-corrected chi connectivity index (χ4v) is 3.20. The van der Waals surface area contributed by atoms with Gasteiger partial charge < -0.3 is 19.5 Å². The summed E-state index contributed by atoms with van der Waals surface area (Å²) >= 11 is 0. The molecule has 3 rings (SSSR count). The van der Waals surface area contributed by atoms with Crippen LogP contribution in [0.2, 0.25) is 0 Å². The van der Waals surface area contributed by atoms with E-state index in [9.17, 15) is 8.78 Å². The number of methoxy groups -OCH3 is 1. The molecule has 0 atom stereocenters. The third-order valence-electron chi connectivity index (χ3n) is 4.69. The number of aromatic nitrogens is 1. The summed E-state index contributed by atoms with van der Waals surface area (Å²) in [6, 6.07) is 13.6. The number of rotatable bonds is 9. The molecule has 0 aliphatic heterocycles. The molecule has 1 N–H and O–H groups in total. The van der Waals surface area contributed by atoms with E-state index >= 15 is 0 Å². The number of pyridine rings is 1. The van der Waals surface area contributed by atoms with E-state index in [1.54, 1.807) is 37.7 Å². The molecule has 0 aliphatic rings. The first-order chi connectivity index (χ1) is 16.3. The van der Waals surface area contributed by atoms with Gasteiger partial charge in [0.25, 0.3) is 0 Å². The van der Waals surface area contributed by atoms with Gasteiger partial charge in [-0.2, -0.15) is 8.78 Å². The van der Waals surface area contributed by atoms with Gasteiger partial charge in [0.1, 0.15) is 11.6 Å². The minimum atomic E-state index is -2.92. The maximum absolute atomic E-state index is 12.7. The van der Waals surface area contributed by atoms with Gasteiger partial charge in [-0.15, -0.1) is 0 Å². The number of amidine groups is 1. The molecule has 0 amide bonds. The Bertz CT molecular complexity index is 1170. The van der Waals surface area contributed by atoms with Gasteiger partial charge in [0.2, 0.25) is 0 Å². The summed E-state index contributed by atoms with van der Waals surface area (Å²) in [6.07, 6.45) is 3.25. The Morgan fingerprint density at radius 2 is 1.85 bits per heavy atom. The topological polar surface area (TPSA) is 65.0 Å². The van der Waals surface area contributed by atoms with Gasteiger partial charge in [0, 0.05) is 35.3 Å². The second-order valence-electron chi connectivity index (χ2n) is 7.66. The van der Waals surface area contributed by atoms with Crippen molar-refractivity contribution < 1.29 is 23.0 Å². The van der Waals surface area contributed by atoms with Crippen LogP contribution in [0.25, 0.3) is 5.70 Å². The first kappa shape index (κ1) is 24.7. The fraction of sp³-hybridized carbons (Fsp3) is 0.231. The number of hydrogen-bond acceptors (Lipinski definition) is 5. The average Bonchev–Trinajstić information content (AvgIpc) is 2.79. The zero-order valence-electron chi connectivity index (χ0n) is 19.5. The number of halogens is 2. The maximum Gasteiger partial charge on any atom is 0.387 e. The Balaban J connectivity index is 2.09. The molecule has 34 heavy (non-hydrogen) atoms. The Kier molecular flexibility index (Phi) is 8.19. The van der Waals surface area contributed by atoms with Crippen LogP contribution in [0.4, 0.5) is 14.5 Å². The highest BCUT2D eigenvalue weighted by Crippen LogP contribution is 2.33. The van der Waals surface area contributed by atoms with Crippen LogP contribution in [-0.2, 0) is 0 Å². The predicted octanol–water partition coefficient (Wildman–Crippen LogP) is 6.32. The van der Waals surface area contributed by atoms with Crippen LogP contribution in [0.1, 0.15) is 30.5 Å². The van der Waals surface area contributed by atoms with Crippen molar-refractivity contribution in [3.8, 4) is 17.2 Å². The smallest absolute Gasteiger partial charge is 0.387 e. The highest BCUT2D eigenvalue weighted by atomic mass is 19.3. The molecule has 178 valence electrons. The number of aliphatic imine (C=N–C) groups is 1. The SMILES string of the molecule is C=C(/N=C(/Nc1cccc(OC(F)F)c1)c1cc(OC(C)C)c(OC)cc1C)c1cccnc1. The zero-order chi connectivity index (χ0) is 24.7. The second-order valence-corrected chi connectivity index (χ2v) is 7.66. The average molecular weight is 468 g/mol. The number of hydrogen-bond donors (Lipinski definition) is 1. The van der Waals surface area contributed by atoms with E-state index in [0.29, 0.717) is 28.7 Å². The van der Waals surface area contributed by atoms with Crippen molar-refractivity contribution in [2.75, 3.05) is 12.4 Å². The molecule has 0 bridgehead atoms. The molecule has 1 aromatic heterocycles. The first-order valence-electron chi connectivity index (χ1n) is 10.6. The van der Waals surface area contributed by atoms with Crippen LogP contribution >= 0.6 is 0 Å². The van der Waals surface area contributed by atoms with Crippen molar-refractivity contribution in [2.45, 2.75) is 33.5 Å². The number of nitrogens with one attached hydrogen (secondary N) is 1. The van der Waals surface area contributed by atoms with Crippen LogP contribution in [0, 0.1) is 6.92 Å². The van der Waals surface area contributed by atoms with Gasteiger partial charge in [0.15, 0.2) is 11.5 Å². The Labute approximate surface area is 197 Å². The molecule has 1 heterocycles. The summed E-state index contributed by atoms with van der Waals surface area (Å²) in [5.41, 5.74) is 3.30. The van der Waals surface area contributed by atoms with E-state index in [4.69, 9.17) is 14.5 Å². The number of benzene rings is 2. The van der Waals surface area contributed by atoms with Gasteiger partial charge in [0.05, 0.1) is 18.9 Å². The maximum atomic E-state index is 12.7. The lowest BCUT2D eigenvalue weighted by atomic mass is 10.1. The van der Waals surface area contributed by atoms with Gasteiger partial charge >= 0.3 is 6.61 Å². The predicted molar refractivity (Wildman–Crippen MR) is 130 cm³/mol. The Morgan fingerprint density at radius 3 is 2.50 bits per heavy atom. The second kappa shape index (κ2) is 11.3. The summed E-state index contributed by atoms with van der Waals surface area (Å²) in [6.45, 7) is 6.91. The normalized spacial score (nSPS) is 11.5. The van der Waals surface area contributed by atoms with Crippen LogP contribution in [-0.4, -0.2) is 30.6 Å². The number of aryl methyl sites for hydroxylation is 1. The van der Waals surface area contributed by atoms with Crippen LogP contribution < -0.4 is 19.5 Å². The van der Waals surface area contributed by atoms with Crippen LogP contribution in [0.5, 0.6) is 17.2 Å². The van der Waals surface area contributed by atoms with Crippen molar-refractivity contribution >= 4 is 17.2 Å². The molecule has 6 nitrogen and oxygen atoms in total. The molecule has 8 heteroatoms. The van der Waals surface area contributed by atoms with Gasteiger partial charge in [-0.25, -0.2) is 4.99 Å². The van der Waals surface area contributed by atoms with Crippen molar-refractivity contribution in [3.63, 3.8) is 0 Å². The molecular weight excluding hydrogens is 440 g/mol. The summed E-state index contributed by atoms with van der Waals surface area (Å²) in [5.74, 6) is 1.61. The molecule has 0 fully saturated rings. The molecule has 2 aromatic carbocycles. The zero-order valence-corrected chi connectivity index (χ0v) is 19.5. The third-order valence-corrected chi connectivity index (χ3v) is 4.69. The number of anilines is 1. The fourth-order valence-electron chi connectivity index (χ4n) is 3.20. The molecule has 0 spiro atoms. The quantitative estimate of drug-likeness (QED) is 0.295. The van der Waals surface area contributed by atoms with E-state index in [0.717, 1.165) is 16.7 Å². The number of nitrogens with zero attached hydrogens (tertiary/aromatic N) is 2. The summed E-state index contributed by atoms with van der Waals surface area (Å²) in [7, 11) is 1.58. The van der Waals surface area contributed by atoms with Crippen LogP contribution in [0.3, 0.4) is 0 Å². The summed E-state index contributed by atoms with van der Waals surface area (Å²) in [4.78, 5) is 8.85. The van der Waals surface area contributed by atoms with Crippen molar-refractivity contribution in [1.29, 1.82) is 0 Å². The minimum absolute atomic E-state index is 0.0284. The lowest BCUT2D eigenvalue weighted by Crippen LogP contribution is -2.17. The van der Waals surface area contributed by atoms with Crippen LogP contribution in [0.15, 0.2) is 72.5 Å². The molecule has 0 saturated carbocycles. The van der Waals surface area contributed by atoms with E-state index < -0.39 is 6.61 Å². The number of alkyl halides is 2. The lowest BCUT2D eigenvalue weighted by molar-refractivity contribution is -0.0498. The van der Waals surface area contributed by atoms with Gasteiger partial charge in [-0.05, 0) is 62.7 Å². The molecule has 0 unspecified atom stereocenters. The van der Waals surface area contributed by atoms with Crippen molar-refractivity contribution in [3.05, 3.63) is 84.2 Å².